The molecule has 1 rings (SSSR count). The molecule has 2 nitrogen and oxygen atoms in total. The van der Waals surface area contributed by atoms with Crippen LogP contribution in [0.1, 0.15) is 5.56 Å². The van der Waals surface area contributed by atoms with E-state index >= 15 is 0 Å². The number of anilines is 1. The maximum atomic E-state index is 5.35. The van der Waals surface area contributed by atoms with Crippen LogP contribution in [0, 0.1) is 6.92 Å². The summed E-state index contributed by atoms with van der Waals surface area (Å²) in [6.07, 6.45) is 1.64. The van der Waals surface area contributed by atoms with E-state index in [-0.39, 0.29) is 51.4 Å². The van der Waals surface area contributed by atoms with Gasteiger partial charge in [-0.05, 0) is 0 Å². The molecule has 1 aromatic heterocycles. The zero-order chi connectivity index (χ0) is 5.98. The van der Waals surface area contributed by atoms with Crippen molar-refractivity contribution >= 4 is 5.82 Å². The third kappa shape index (κ3) is 2.69. The Morgan fingerprint density at radius 2 is 2.22 bits per heavy atom. The summed E-state index contributed by atoms with van der Waals surface area (Å²) in [5, 5.41) is 0. The van der Waals surface area contributed by atoms with Gasteiger partial charge in [-0.25, -0.2) is 0 Å². The number of nitrogens with zero attached hydrogens (tertiary/aromatic N) is 1. The Morgan fingerprint density at radius 1 is 1.56 bits per heavy atom. The van der Waals surface area contributed by atoms with Crippen molar-refractivity contribution in [2.75, 3.05) is 5.73 Å². The second kappa shape index (κ2) is 4.30. The molecular weight excluding hydrogens is 139 g/mol. The first kappa shape index (κ1) is 9.46. The van der Waals surface area contributed by atoms with Crippen molar-refractivity contribution < 1.29 is 51.4 Å². The van der Waals surface area contributed by atoms with Crippen LogP contribution in [0.4, 0.5) is 5.82 Å². The van der Waals surface area contributed by atoms with Gasteiger partial charge >= 0.3 is 51.4 Å². The predicted molar refractivity (Wildman–Crippen MR) is 33.1 cm³/mol. The van der Waals surface area contributed by atoms with Crippen molar-refractivity contribution in [2.24, 2.45) is 0 Å². The van der Waals surface area contributed by atoms with Crippen LogP contribution in [0.25, 0.3) is 0 Å². The molecule has 0 atom stereocenters. The molecule has 0 aliphatic carbocycles. The van der Waals surface area contributed by atoms with E-state index in [0.29, 0.717) is 5.82 Å². The van der Waals surface area contributed by atoms with E-state index in [1.807, 2.05) is 6.07 Å². The fraction of sp³-hybridized carbons (Fsp3) is 0. The Kier molecular flexibility index (Phi) is 4.52. The molecule has 0 amide bonds. The van der Waals surface area contributed by atoms with Crippen LogP contribution in [-0.2, 0) is 0 Å². The Bertz CT molecular complexity index is 167. The summed E-state index contributed by atoms with van der Waals surface area (Å²) in [5.41, 5.74) is 6.13. The van der Waals surface area contributed by atoms with E-state index in [4.69, 9.17) is 5.73 Å². The van der Waals surface area contributed by atoms with Crippen LogP contribution in [0.3, 0.4) is 0 Å². The summed E-state index contributed by atoms with van der Waals surface area (Å²) >= 11 is 0. The average molecular weight is 146 g/mol. The molecule has 0 bridgehead atoms. The molecule has 1 heterocycles. The Balaban J connectivity index is 0.000000640. The first-order valence-electron chi connectivity index (χ1n) is 2.33. The van der Waals surface area contributed by atoms with E-state index in [2.05, 4.69) is 11.9 Å². The summed E-state index contributed by atoms with van der Waals surface area (Å²) in [6, 6.07) is 3.63. The zero-order valence-electron chi connectivity index (χ0n) is 5.46. The van der Waals surface area contributed by atoms with E-state index in [0.717, 1.165) is 5.56 Å². The van der Waals surface area contributed by atoms with Crippen molar-refractivity contribution in [3.63, 3.8) is 0 Å². The molecule has 3 heteroatoms. The number of aromatic nitrogens is 1. The molecule has 0 radical (unpaired) electrons. The Morgan fingerprint density at radius 3 is 2.56 bits per heavy atom. The fourth-order valence-corrected chi connectivity index (χ4v) is 0.451. The molecule has 9 heavy (non-hydrogen) atoms. The van der Waals surface area contributed by atoms with Gasteiger partial charge in [-0.2, -0.15) is 18.6 Å². The number of pyridine rings is 1. The minimum absolute atomic E-state index is 0. The maximum absolute atomic E-state index is 5.35. The van der Waals surface area contributed by atoms with Gasteiger partial charge in [0.2, 0.25) is 0 Å². The van der Waals surface area contributed by atoms with Gasteiger partial charge in [0, 0.05) is 12.0 Å². The van der Waals surface area contributed by atoms with E-state index in [9.17, 15) is 0 Å². The summed E-state index contributed by atoms with van der Waals surface area (Å²) < 4.78 is 0. The molecule has 0 aliphatic rings. The molecule has 0 aromatic carbocycles. The molecule has 2 N–H and O–H groups in total. The SMILES string of the molecule is [CH2-]c1cccnc1N.[K+]. The molecule has 0 unspecified atom stereocenters. The Hall–Kier alpha value is 0.456. The summed E-state index contributed by atoms with van der Waals surface area (Å²) in [5.74, 6) is 0.507. The second-order valence-corrected chi connectivity index (χ2v) is 1.55. The second-order valence-electron chi connectivity index (χ2n) is 1.55. The normalized spacial score (nSPS) is 8.00. The van der Waals surface area contributed by atoms with Gasteiger partial charge in [-0.15, -0.1) is 6.07 Å². The van der Waals surface area contributed by atoms with Gasteiger partial charge < -0.3 is 10.7 Å². The third-order valence-electron chi connectivity index (χ3n) is 0.926. The van der Waals surface area contributed by atoms with Gasteiger partial charge in [0.1, 0.15) is 0 Å². The zero-order valence-corrected chi connectivity index (χ0v) is 8.59. The quantitative estimate of drug-likeness (QED) is 0.335. The smallest absolute Gasteiger partial charge is 0.434 e. The standard InChI is InChI=1S/C6H7N2.K/c1-5-3-2-4-8-6(5)7;/h2-4H,1H2,(H2,7,8);/q-1;+1. The van der Waals surface area contributed by atoms with E-state index < -0.39 is 0 Å². The summed E-state index contributed by atoms with van der Waals surface area (Å²) in [6.45, 7) is 3.63. The van der Waals surface area contributed by atoms with Crippen LogP contribution in [0.15, 0.2) is 18.3 Å². The minimum Gasteiger partial charge on any atom is -0.434 e. The van der Waals surface area contributed by atoms with Gasteiger partial charge in [-0.3, -0.25) is 0 Å². The maximum Gasteiger partial charge on any atom is 1.00 e. The van der Waals surface area contributed by atoms with Crippen LogP contribution in [-0.4, -0.2) is 4.98 Å². The van der Waals surface area contributed by atoms with E-state index in [1.54, 1.807) is 12.3 Å². The van der Waals surface area contributed by atoms with Crippen LogP contribution >= 0.6 is 0 Å². The van der Waals surface area contributed by atoms with Crippen LogP contribution in [0.5, 0.6) is 0 Å². The third-order valence-corrected chi connectivity index (χ3v) is 0.926. The number of hydrogen-bond donors (Lipinski definition) is 1. The topological polar surface area (TPSA) is 38.9 Å². The molecule has 0 fully saturated rings. The monoisotopic (exact) mass is 146 g/mol. The Labute approximate surface area is 97.3 Å². The van der Waals surface area contributed by atoms with Crippen LogP contribution < -0.4 is 57.1 Å². The first-order chi connectivity index (χ1) is 3.80. The van der Waals surface area contributed by atoms with Crippen molar-refractivity contribution in [1.29, 1.82) is 0 Å². The van der Waals surface area contributed by atoms with Crippen molar-refractivity contribution in [3.05, 3.63) is 30.8 Å². The molecular formula is C6H7KN2. The number of nitrogens with two attached hydrogens (primary N) is 1. The molecule has 0 saturated carbocycles. The predicted octanol–water partition coefficient (Wildman–Crippen LogP) is -2.15. The van der Waals surface area contributed by atoms with Gasteiger partial charge in [0.25, 0.3) is 0 Å². The summed E-state index contributed by atoms with van der Waals surface area (Å²) in [4.78, 5) is 3.79. The van der Waals surface area contributed by atoms with Crippen molar-refractivity contribution in [2.45, 2.75) is 0 Å². The van der Waals surface area contributed by atoms with Gasteiger partial charge in [-0.1, -0.05) is 0 Å². The first-order valence-corrected chi connectivity index (χ1v) is 2.33. The van der Waals surface area contributed by atoms with Gasteiger partial charge in [0.15, 0.2) is 0 Å². The van der Waals surface area contributed by atoms with Crippen LogP contribution in [0.2, 0.25) is 0 Å². The largest absolute Gasteiger partial charge is 1.00 e. The van der Waals surface area contributed by atoms with E-state index in [1.165, 1.54) is 0 Å². The average Bonchev–Trinajstić information content (AvgIpc) is 1.77. The molecule has 0 saturated heterocycles. The molecule has 42 valence electrons. The van der Waals surface area contributed by atoms with Gasteiger partial charge in [0.05, 0.1) is 0 Å². The molecule has 0 spiro atoms. The summed E-state index contributed by atoms with van der Waals surface area (Å²) in [7, 11) is 0. The molecule has 0 aliphatic heterocycles. The fourth-order valence-electron chi connectivity index (χ4n) is 0.451. The minimum atomic E-state index is 0. The van der Waals surface area contributed by atoms with Crippen molar-refractivity contribution in [1.82, 2.24) is 4.98 Å². The number of nitrogen functional groups attached to an aromatic ring is 1. The van der Waals surface area contributed by atoms with Crippen molar-refractivity contribution in [3.8, 4) is 0 Å². The number of hydrogen-bond acceptors (Lipinski definition) is 2. The number of rotatable bonds is 0. The molecule has 1 aromatic rings.